The first-order valence-corrected chi connectivity index (χ1v) is 5.86. The lowest BCUT2D eigenvalue weighted by atomic mass is 9.96. The van der Waals surface area contributed by atoms with Crippen molar-refractivity contribution in [1.29, 1.82) is 0 Å². The number of hydrogen-bond acceptors (Lipinski definition) is 3. The number of benzene rings is 2. The summed E-state index contributed by atoms with van der Waals surface area (Å²) in [6.07, 6.45) is 0. The number of phenolic OH excluding ortho intramolecular Hbond substituents is 1. The molecule has 2 rings (SSSR count). The van der Waals surface area contributed by atoms with E-state index < -0.39 is 24.5 Å². The summed E-state index contributed by atoms with van der Waals surface area (Å²) in [6.45, 7) is -2.72. The summed E-state index contributed by atoms with van der Waals surface area (Å²) < 4.78 is 22.1. The fraction of sp³-hybridized carbons (Fsp3) is 0.125. The van der Waals surface area contributed by atoms with Crippen LogP contribution < -0.4 is 0 Å². The molecule has 2 aromatic rings. The molecule has 0 radical (unpaired) electrons. The van der Waals surface area contributed by atoms with Gasteiger partial charge >= 0.3 is 5.97 Å². The van der Waals surface area contributed by atoms with Gasteiger partial charge in [-0.1, -0.05) is 30.3 Å². The molecule has 102 valence electrons. The Bertz CT molecular complexity index is 753. The number of phenols is 1. The maximum atomic E-state index is 12.4. The largest absolute Gasteiger partial charge is 0.508 e. The molecular weight excluding hydrogens is 256 g/mol. The van der Waals surface area contributed by atoms with Crippen molar-refractivity contribution >= 4 is 11.8 Å². The molecule has 0 spiro atoms. The number of carboxylic acids is 1. The van der Waals surface area contributed by atoms with Crippen molar-refractivity contribution in [2.75, 3.05) is 0 Å². The van der Waals surface area contributed by atoms with Gasteiger partial charge in [0.15, 0.2) is 5.78 Å². The van der Waals surface area contributed by atoms with E-state index in [1.54, 1.807) is 0 Å². The van der Waals surface area contributed by atoms with Crippen molar-refractivity contribution < 1.29 is 23.9 Å². The van der Waals surface area contributed by atoms with Crippen molar-refractivity contribution in [1.82, 2.24) is 0 Å². The fourth-order valence-corrected chi connectivity index (χ4v) is 1.82. The molecule has 2 aromatic carbocycles. The van der Waals surface area contributed by atoms with E-state index in [1.165, 1.54) is 48.5 Å². The Morgan fingerprint density at radius 1 is 1.10 bits per heavy atom. The summed E-state index contributed by atoms with van der Waals surface area (Å²) in [6, 6.07) is 11.3. The van der Waals surface area contributed by atoms with Crippen LogP contribution in [0.1, 0.15) is 38.4 Å². The molecule has 4 heteroatoms. The Morgan fingerprint density at radius 2 is 1.75 bits per heavy atom. The summed E-state index contributed by atoms with van der Waals surface area (Å²) in [5.74, 6) is -3.69. The second-order valence-corrected chi connectivity index (χ2v) is 4.28. The molecule has 0 bridgehead atoms. The number of aliphatic carboxylic acids is 1. The van der Waals surface area contributed by atoms with E-state index in [0.717, 1.165) is 0 Å². The third kappa shape index (κ3) is 2.85. The van der Waals surface area contributed by atoms with Gasteiger partial charge in [-0.3, -0.25) is 9.59 Å². The highest BCUT2D eigenvalue weighted by molar-refractivity contribution is 6.09. The van der Waals surface area contributed by atoms with Gasteiger partial charge in [0, 0.05) is 15.2 Å². The van der Waals surface area contributed by atoms with Gasteiger partial charge in [-0.15, -0.1) is 0 Å². The van der Waals surface area contributed by atoms with Gasteiger partial charge in [0.1, 0.15) is 5.75 Å². The lowest BCUT2D eigenvalue weighted by molar-refractivity contribution is -0.138. The zero-order chi connectivity index (χ0) is 17.2. The molecule has 0 heterocycles. The van der Waals surface area contributed by atoms with E-state index in [2.05, 4.69) is 0 Å². The number of ketones is 1. The molecular formula is C16H14O4. The lowest BCUT2D eigenvalue weighted by Crippen LogP contribution is -2.09. The molecule has 0 saturated carbocycles. The normalized spacial score (nSPS) is 14.7. The average Bonchev–Trinajstić information content (AvgIpc) is 2.45. The Morgan fingerprint density at radius 3 is 2.35 bits per heavy atom. The predicted octanol–water partition coefficient (Wildman–Crippen LogP) is 2.81. The highest BCUT2D eigenvalue weighted by atomic mass is 16.4. The van der Waals surface area contributed by atoms with Gasteiger partial charge in [0.25, 0.3) is 0 Å². The molecule has 0 aliphatic heterocycles. The van der Waals surface area contributed by atoms with Crippen molar-refractivity contribution in [3.05, 3.63) is 65.2 Å². The molecule has 0 aromatic heterocycles. The summed E-state index contributed by atoms with van der Waals surface area (Å²) in [7, 11) is 0. The molecule has 2 N–H and O–H groups in total. The van der Waals surface area contributed by atoms with E-state index in [9.17, 15) is 14.7 Å². The highest BCUT2D eigenvalue weighted by Crippen LogP contribution is 2.20. The van der Waals surface area contributed by atoms with Crippen LogP contribution in [-0.2, 0) is 4.79 Å². The molecule has 1 unspecified atom stereocenters. The first-order chi connectivity index (χ1) is 10.7. The number of aromatic hydroxyl groups is 1. The van der Waals surface area contributed by atoms with E-state index in [-0.39, 0.29) is 22.4 Å². The third-order valence-corrected chi connectivity index (χ3v) is 2.84. The van der Waals surface area contributed by atoms with Gasteiger partial charge in [0.2, 0.25) is 0 Å². The molecule has 0 saturated heterocycles. The fourth-order valence-electron chi connectivity index (χ4n) is 1.82. The molecule has 4 nitrogen and oxygen atoms in total. The molecule has 0 amide bonds. The third-order valence-electron chi connectivity index (χ3n) is 2.84. The van der Waals surface area contributed by atoms with E-state index >= 15 is 0 Å². The van der Waals surface area contributed by atoms with E-state index in [4.69, 9.17) is 9.22 Å². The van der Waals surface area contributed by atoms with Gasteiger partial charge in [-0.2, -0.15) is 0 Å². The van der Waals surface area contributed by atoms with Crippen LogP contribution in [0.5, 0.6) is 5.75 Å². The van der Waals surface area contributed by atoms with Crippen LogP contribution >= 0.6 is 0 Å². The van der Waals surface area contributed by atoms with Gasteiger partial charge in [0.05, 0.1) is 5.92 Å². The first-order valence-electron chi connectivity index (χ1n) is 7.36. The zero-order valence-corrected chi connectivity index (χ0v) is 10.4. The second kappa shape index (κ2) is 5.57. The van der Waals surface area contributed by atoms with Crippen molar-refractivity contribution in [3.8, 4) is 5.75 Å². The molecule has 1 atom stereocenters. The smallest absolute Gasteiger partial charge is 0.310 e. The molecule has 0 aliphatic carbocycles. The molecule has 20 heavy (non-hydrogen) atoms. The number of hydrogen-bond donors (Lipinski definition) is 2. The van der Waals surface area contributed by atoms with Crippen LogP contribution in [0.15, 0.2) is 48.5 Å². The van der Waals surface area contributed by atoms with Crippen molar-refractivity contribution in [3.63, 3.8) is 0 Å². The summed E-state index contributed by atoms with van der Waals surface area (Å²) in [5, 5.41) is 18.6. The molecule has 0 aliphatic rings. The van der Waals surface area contributed by atoms with Gasteiger partial charge in [-0.25, -0.2) is 0 Å². The van der Waals surface area contributed by atoms with Crippen LogP contribution in [0.2, 0.25) is 0 Å². The van der Waals surface area contributed by atoms with Crippen LogP contribution in [-0.4, -0.2) is 22.0 Å². The summed E-state index contributed by atoms with van der Waals surface area (Å²) >= 11 is 0. The Kier molecular flexibility index (Phi) is 2.84. The van der Waals surface area contributed by atoms with Crippen LogP contribution in [0.3, 0.4) is 0 Å². The molecule has 0 fully saturated rings. The van der Waals surface area contributed by atoms with Crippen molar-refractivity contribution in [2.24, 2.45) is 0 Å². The SMILES string of the molecule is [2H]C([2H])([2H])C(C(=O)O)c1cccc(C(=O)c2cccc(O)c2)c1. The Labute approximate surface area is 120 Å². The van der Waals surface area contributed by atoms with Crippen LogP contribution in [0, 0.1) is 0 Å². The monoisotopic (exact) mass is 273 g/mol. The minimum atomic E-state index is -2.72. The van der Waals surface area contributed by atoms with Crippen LogP contribution in [0.25, 0.3) is 0 Å². The second-order valence-electron chi connectivity index (χ2n) is 4.28. The lowest BCUT2D eigenvalue weighted by Gasteiger charge is -2.08. The zero-order valence-electron chi connectivity index (χ0n) is 13.4. The number of carbonyl (C=O) groups is 2. The maximum absolute atomic E-state index is 12.4. The first kappa shape index (κ1) is 10.2. The van der Waals surface area contributed by atoms with E-state index in [1.807, 2.05) is 0 Å². The minimum absolute atomic E-state index is 0.0310. The van der Waals surface area contributed by atoms with E-state index in [0.29, 0.717) is 0 Å². The number of rotatable bonds is 4. The van der Waals surface area contributed by atoms with Crippen LogP contribution in [0.4, 0.5) is 0 Å². The van der Waals surface area contributed by atoms with Crippen molar-refractivity contribution in [2.45, 2.75) is 12.8 Å². The number of carbonyl (C=O) groups excluding carboxylic acids is 1. The standard InChI is InChI=1S/C16H14O4/c1-10(16(19)20)11-4-2-5-12(8-11)15(18)13-6-3-7-14(17)9-13/h2-10,17H,1H3,(H,19,20)/i1D3. The number of carboxylic acid groups (broad SMARTS) is 1. The maximum Gasteiger partial charge on any atom is 0.310 e. The van der Waals surface area contributed by atoms with Gasteiger partial charge in [-0.05, 0) is 30.6 Å². The predicted molar refractivity (Wildman–Crippen MR) is 74.0 cm³/mol. The quantitative estimate of drug-likeness (QED) is 0.840. The Hall–Kier alpha value is -2.62. The summed E-state index contributed by atoms with van der Waals surface area (Å²) in [4.78, 5) is 23.7. The van der Waals surface area contributed by atoms with Gasteiger partial charge < -0.3 is 10.2 Å². The highest BCUT2D eigenvalue weighted by Gasteiger charge is 2.16. The topological polar surface area (TPSA) is 74.6 Å². The average molecular weight is 273 g/mol. The minimum Gasteiger partial charge on any atom is -0.508 e. The Balaban J connectivity index is 2.44. The summed E-state index contributed by atoms with van der Waals surface area (Å²) in [5.41, 5.74) is 0.412.